The number of rotatable bonds is 2. The fourth-order valence-corrected chi connectivity index (χ4v) is 1.41. The molecule has 0 aliphatic rings. The average Bonchev–Trinajstić information content (AvgIpc) is 2.15. The highest BCUT2D eigenvalue weighted by Crippen LogP contribution is 2.14. The molecule has 0 fully saturated rings. The van der Waals surface area contributed by atoms with Crippen LogP contribution in [-0.4, -0.2) is 18.9 Å². The molecule has 0 aromatic carbocycles. The van der Waals surface area contributed by atoms with Gasteiger partial charge >= 0.3 is 0 Å². The summed E-state index contributed by atoms with van der Waals surface area (Å²) in [5.41, 5.74) is 0.382. The molecule has 0 radical (unpaired) electrons. The van der Waals surface area contributed by atoms with Crippen molar-refractivity contribution in [1.29, 1.82) is 5.26 Å². The van der Waals surface area contributed by atoms with Gasteiger partial charge in [0.15, 0.2) is 0 Å². The van der Waals surface area contributed by atoms with E-state index in [4.69, 9.17) is 5.26 Å². The maximum atomic E-state index is 10.0. The lowest BCUT2D eigenvalue weighted by atomic mass is 10.4. The van der Waals surface area contributed by atoms with Crippen LogP contribution >= 0.6 is 11.8 Å². The monoisotopic (exact) mass is 197 g/mol. The Hall–Kier alpha value is -1.19. The zero-order chi connectivity index (χ0) is 8.81. The molecule has 1 aromatic heterocycles. The Morgan fingerprint density at radius 2 is 2.50 bits per heavy atom. The van der Waals surface area contributed by atoms with Crippen LogP contribution in [0.25, 0.3) is 0 Å². The highest BCUT2D eigenvalue weighted by molar-refractivity contribution is 8.18. The highest BCUT2D eigenvalue weighted by atomic mass is 32.2. The molecule has 0 saturated carbocycles. The van der Waals surface area contributed by atoms with E-state index in [9.17, 15) is 4.21 Å². The first-order chi connectivity index (χ1) is 5.88. The van der Waals surface area contributed by atoms with Crippen LogP contribution in [0, 0.1) is 11.3 Å². The Balaban J connectivity index is 2.98. The van der Waals surface area contributed by atoms with Crippen molar-refractivity contribution in [1.82, 2.24) is 9.97 Å². The van der Waals surface area contributed by atoms with Gasteiger partial charge in [0.2, 0.25) is 0 Å². The quantitative estimate of drug-likeness (QED) is 0.390. The predicted octanol–water partition coefficient (Wildman–Crippen LogP) is 0.413. The van der Waals surface area contributed by atoms with E-state index in [2.05, 4.69) is 9.97 Å². The zero-order valence-electron chi connectivity index (χ0n) is 5.80. The van der Waals surface area contributed by atoms with Crippen LogP contribution in [0.5, 0.6) is 0 Å². The van der Waals surface area contributed by atoms with Crippen LogP contribution in [-0.2, 0) is 11.3 Å². The lowest BCUT2D eigenvalue weighted by Gasteiger charge is -1.93. The van der Waals surface area contributed by atoms with Crippen molar-refractivity contribution in [3.05, 3.63) is 18.1 Å². The number of hydrogen-bond donors (Lipinski definition) is 0. The first-order valence-corrected chi connectivity index (χ1v) is 4.54. The second kappa shape index (κ2) is 4.64. The minimum absolute atomic E-state index is 0.334. The van der Waals surface area contributed by atoms with Gasteiger partial charge in [-0.1, -0.05) is 11.8 Å². The normalized spacial score (nSPS) is 8.58. The van der Waals surface area contributed by atoms with Crippen LogP contribution < -0.4 is 0 Å². The molecule has 0 unspecified atom stereocenters. The smallest absolute Gasteiger partial charge is 0.122 e. The number of nitrogens with zero attached hydrogens (tertiary/aromatic N) is 3. The summed E-state index contributed by atoms with van der Waals surface area (Å²) in [5, 5.41) is 9.09. The van der Waals surface area contributed by atoms with E-state index >= 15 is 0 Å². The third-order valence-electron chi connectivity index (χ3n) is 0.995. The second-order valence-electron chi connectivity index (χ2n) is 1.66. The average molecular weight is 197 g/mol. The molecule has 60 valence electrons. The van der Waals surface area contributed by atoms with E-state index in [1.54, 1.807) is 0 Å². The fourth-order valence-electron chi connectivity index (χ4n) is 0.554. The van der Waals surface area contributed by atoms with Gasteiger partial charge in [-0.2, -0.15) is 5.26 Å². The summed E-state index contributed by atoms with van der Waals surface area (Å²) in [6.07, 6.45) is 2.76. The van der Waals surface area contributed by atoms with Crippen LogP contribution in [0.4, 0.5) is 0 Å². The SMILES string of the molecule is N#Cc1cncnc1SC=S=O. The van der Waals surface area contributed by atoms with Gasteiger partial charge in [-0.05, 0) is 0 Å². The summed E-state index contributed by atoms with van der Waals surface area (Å²) >= 11 is 1.46. The summed E-state index contributed by atoms with van der Waals surface area (Å²) in [6, 6.07) is 1.93. The van der Waals surface area contributed by atoms with Gasteiger partial charge in [0.05, 0.1) is 16.0 Å². The molecule has 0 aliphatic heterocycles. The maximum Gasteiger partial charge on any atom is 0.122 e. The number of hydrogen-bond acceptors (Lipinski definition) is 5. The highest BCUT2D eigenvalue weighted by Gasteiger charge is 2.00. The topological polar surface area (TPSA) is 66.6 Å². The van der Waals surface area contributed by atoms with E-state index in [0.29, 0.717) is 21.8 Å². The molecule has 0 amide bonds. The standard InChI is InChI=1S/C6H3N3OS2/c7-1-5-2-8-3-9-6(5)11-4-12-10/h2-4H. The summed E-state index contributed by atoms with van der Waals surface area (Å²) in [5.74, 6) is 0. The van der Waals surface area contributed by atoms with Gasteiger partial charge in [0, 0.05) is 6.20 Å². The van der Waals surface area contributed by atoms with E-state index < -0.39 is 0 Å². The fraction of sp³-hybridized carbons (Fsp3) is 0. The zero-order valence-corrected chi connectivity index (χ0v) is 7.43. The maximum absolute atomic E-state index is 10.0. The van der Waals surface area contributed by atoms with Crippen LogP contribution in [0.1, 0.15) is 5.56 Å². The molecular weight excluding hydrogens is 194 g/mol. The Morgan fingerprint density at radius 3 is 3.17 bits per heavy atom. The van der Waals surface area contributed by atoms with Gasteiger partial charge in [0.1, 0.15) is 23.0 Å². The Labute approximate surface area is 76.7 Å². The first kappa shape index (κ1) is 8.90. The summed E-state index contributed by atoms with van der Waals surface area (Å²) < 4.78 is 11.4. The summed E-state index contributed by atoms with van der Waals surface area (Å²) in [6.45, 7) is 0. The van der Waals surface area contributed by atoms with Gasteiger partial charge in [-0.25, -0.2) is 14.2 Å². The molecule has 1 heterocycles. The van der Waals surface area contributed by atoms with Crippen LogP contribution in [0.2, 0.25) is 0 Å². The molecular formula is C6H3N3OS2. The molecule has 0 spiro atoms. The van der Waals surface area contributed by atoms with Crippen molar-refractivity contribution in [3.63, 3.8) is 0 Å². The Bertz CT molecular complexity index is 367. The third-order valence-corrected chi connectivity index (χ3v) is 2.24. The van der Waals surface area contributed by atoms with Gasteiger partial charge in [-0.3, -0.25) is 0 Å². The van der Waals surface area contributed by atoms with Gasteiger partial charge < -0.3 is 0 Å². The molecule has 1 rings (SSSR count). The van der Waals surface area contributed by atoms with Gasteiger partial charge in [-0.15, -0.1) is 0 Å². The van der Waals surface area contributed by atoms with E-state index in [1.165, 1.54) is 17.2 Å². The van der Waals surface area contributed by atoms with Crippen molar-refractivity contribution in [3.8, 4) is 6.07 Å². The molecule has 0 atom stereocenters. The third kappa shape index (κ3) is 2.15. The first-order valence-electron chi connectivity index (χ1n) is 2.85. The van der Waals surface area contributed by atoms with Crippen molar-refractivity contribution in [2.45, 2.75) is 5.03 Å². The minimum Gasteiger partial charge on any atom is -0.243 e. The lowest BCUT2D eigenvalue weighted by Crippen LogP contribution is -1.87. The molecule has 0 N–H and O–H groups in total. The van der Waals surface area contributed by atoms with E-state index in [0.717, 1.165) is 11.8 Å². The van der Waals surface area contributed by atoms with Crippen molar-refractivity contribution in [2.75, 3.05) is 0 Å². The second-order valence-corrected chi connectivity index (χ2v) is 3.25. The largest absolute Gasteiger partial charge is 0.243 e. The molecule has 4 nitrogen and oxygen atoms in total. The van der Waals surface area contributed by atoms with Crippen LogP contribution in [0.3, 0.4) is 0 Å². The van der Waals surface area contributed by atoms with Crippen molar-refractivity contribution >= 4 is 27.7 Å². The number of thioether (sulfide) groups is 1. The van der Waals surface area contributed by atoms with Crippen molar-refractivity contribution in [2.24, 2.45) is 0 Å². The van der Waals surface area contributed by atoms with Crippen molar-refractivity contribution < 1.29 is 4.21 Å². The van der Waals surface area contributed by atoms with E-state index in [-0.39, 0.29) is 0 Å². The Kier molecular flexibility index (Phi) is 3.44. The lowest BCUT2D eigenvalue weighted by molar-refractivity contribution is 0.701. The predicted molar refractivity (Wildman–Crippen MR) is 46.8 cm³/mol. The van der Waals surface area contributed by atoms with Gasteiger partial charge in [0.25, 0.3) is 0 Å². The van der Waals surface area contributed by atoms with Crippen LogP contribution in [0.15, 0.2) is 17.6 Å². The number of aromatic nitrogens is 2. The molecule has 1 aromatic rings. The number of nitriles is 1. The minimum atomic E-state index is 0.334. The van der Waals surface area contributed by atoms with E-state index in [1.807, 2.05) is 6.07 Å². The molecule has 0 saturated heterocycles. The molecule has 6 heteroatoms. The molecule has 12 heavy (non-hydrogen) atoms. The Morgan fingerprint density at radius 1 is 1.67 bits per heavy atom. The summed E-state index contributed by atoms with van der Waals surface area (Å²) in [7, 11) is 0. The molecule has 0 aliphatic carbocycles. The summed E-state index contributed by atoms with van der Waals surface area (Å²) in [4.78, 5) is 7.51. The molecule has 0 bridgehead atoms.